The van der Waals surface area contributed by atoms with Gasteiger partial charge in [-0.2, -0.15) is 0 Å². The highest BCUT2D eigenvalue weighted by molar-refractivity contribution is 6.31. The van der Waals surface area contributed by atoms with E-state index in [1.54, 1.807) is 24.3 Å². The van der Waals surface area contributed by atoms with Gasteiger partial charge >= 0.3 is 0 Å². The van der Waals surface area contributed by atoms with Crippen molar-refractivity contribution in [3.8, 4) is 5.75 Å². The number of methoxy groups -OCH3 is 1. The molecular formula is C19H22ClN3O3. The van der Waals surface area contributed by atoms with E-state index >= 15 is 0 Å². The Kier molecular flexibility index (Phi) is 6.86. The molecule has 2 aromatic carbocycles. The minimum Gasteiger partial charge on any atom is -0.495 e. The fourth-order valence-corrected chi connectivity index (χ4v) is 2.49. The predicted octanol–water partition coefficient (Wildman–Crippen LogP) is 4.06. The third-order valence-corrected chi connectivity index (χ3v) is 4.05. The van der Waals surface area contributed by atoms with Crippen LogP contribution in [-0.4, -0.2) is 25.5 Å². The zero-order chi connectivity index (χ0) is 19.1. The molecule has 0 atom stereocenters. The molecule has 0 spiro atoms. The molecule has 0 radical (unpaired) electrons. The summed E-state index contributed by atoms with van der Waals surface area (Å²) in [7, 11) is 1.53. The molecule has 6 nitrogen and oxygen atoms in total. The molecule has 2 amide bonds. The van der Waals surface area contributed by atoms with Gasteiger partial charge in [-0.05, 0) is 42.8 Å². The summed E-state index contributed by atoms with van der Waals surface area (Å²) < 4.78 is 5.25. The van der Waals surface area contributed by atoms with E-state index in [2.05, 4.69) is 16.0 Å². The molecule has 2 aromatic rings. The Morgan fingerprint density at radius 1 is 1.08 bits per heavy atom. The molecule has 26 heavy (non-hydrogen) atoms. The Hall–Kier alpha value is -2.73. The van der Waals surface area contributed by atoms with Gasteiger partial charge in [-0.15, -0.1) is 0 Å². The van der Waals surface area contributed by atoms with Crippen molar-refractivity contribution in [3.63, 3.8) is 0 Å². The van der Waals surface area contributed by atoms with Gasteiger partial charge < -0.3 is 20.7 Å². The number of halogens is 1. The Bertz CT molecular complexity index is 791. The summed E-state index contributed by atoms with van der Waals surface area (Å²) in [5.74, 6) is 0.276. The second-order valence-corrected chi connectivity index (χ2v) is 6.19. The van der Waals surface area contributed by atoms with Gasteiger partial charge in [-0.3, -0.25) is 9.59 Å². The number of aryl methyl sites for hydroxylation is 1. The number of hydrogen-bond acceptors (Lipinski definition) is 4. The second-order valence-electron chi connectivity index (χ2n) is 5.79. The Labute approximate surface area is 157 Å². The maximum absolute atomic E-state index is 12.2. The first-order valence-corrected chi connectivity index (χ1v) is 8.52. The highest BCUT2D eigenvalue weighted by Gasteiger charge is 2.10. The van der Waals surface area contributed by atoms with E-state index in [0.29, 0.717) is 23.0 Å². The lowest BCUT2D eigenvalue weighted by atomic mass is 10.2. The van der Waals surface area contributed by atoms with Crippen LogP contribution in [0.3, 0.4) is 0 Å². The standard InChI is InChI=1S/C19H22ClN3O3/c1-12-10-17(18(26-3)11-16(12)20)23-19(25)8-9-21-14-4-6-15(7-5-14)22-13(2)24/h4-7,10-11,21H,8-9H2,1-3H3,(H,22,24)(H,23,25). The Morgan fingerprint density at radius 2 is 1.73 bits per heavy atom. The molecule has 3 N–H and O–H groups in total. The largest absolute Gasteiger partial charge is 0.495 e. The molecule has 0 bridgehead atoms. The van der Waals surface area contributed by atoms with Gasteiger partial charge in [0, 0.05) is 42.4 Å². The normalized spacial score (nSPS) is 10.2. The molecular weight excluding hydrogens is 354 g/mol. The molecule has 0 saturated carbocycles. The summed E-state index contributed by atoms with van der Waals surface area (Å²) in [5.41, 5.74) is 3.05. The number of carbonyl (C=O) groups is 2. The van der Waals surface area contributed by atoms with Crippen molar-refractivity contribution in [2.24, 2.45) is 0 Å². The summed E-state index contributed by atoms with van der Waals surface area (Å²) >= 11 is 6.07. The highest BCUT2D eigenvalue weighted by Crippen LogP contribution is 2.31. The monoisotopic (exact) mass is 375 g/mol. The van der Waals surface area contributed by atoms with Crippen LogP contribution in [-0.2, 0) is 9.59 Å². The van der Waals surface area contributed by atoms with Gasteiger partial charge in [0.05, 0.1) is 12.8 Å². The van der Waals surface area contributed by atoms with Crippen LogP contribution in [0.1, 0.15) is 18.9 Å². The third-order valence-electron chi connectivity index (χ3n) is 3.64. The van der Waals surface area contributed by atoms with Gasteiger partial charge in [0.25, 0.3) is 0 Å². The van der Waals surface area contributed by atoms with Crippen LogP contribution in [0.25, 0.3) is 0 Å². The zero-order valence-electron chi connectivity index (χ0n) is 15.0. The smallest absolute Gasteiger partial charge is 0.226 e. The average Bonchev–Trinajstić information content (AvgIpc) is 2.59. The molecule has 138 valence electrons. The molecule has 0 fully saturated rings. The number of anilines is 3. The van der Waals surface area contributed by atoms with Crippen LogP contribution in [0, 0.1) is 6.92 Å². The third kappa shape index (κ3) is 5.67. The lowest BCUT2D eigenvalue weighted by Crippen LogP contribution is -2.17. The fraction of sp³-hybridized carbons (Fsp3) is 0.263. The molecule has 7 heteroatoms. The van der Waals surface area contributed by atoms with Crippen LogP contribution in [0.4, 0.5) is 17.1 Å². The number of carbonyl (C=O) groups excluding carboxylic acids is 2. The molecule has 0 aliphatic carbocycles. The van der Waals surface area contributed by atoms with E-state index in [1.807, 2.05) is 19.1 Å². The molecule has 0 aliphatic rings. The minimum absolute atomic E-state index is 0.116. The summed E-state index contributed by atoms with van der Waals surface area (Å²) in [5, 5.41) is 9.29. The zero-order valence-corrected chi connectivity index (χ0v) is 15.7. The van der Waals surface area contributed by atoms with Crippen molar-refractivity contribution in [1.82, 2.24) is 0 Å². The average molecular weight is 376 g/mol. The number of hydrogen-bond donors (Lipinski definition) is 3. The van der Waals surface area contributed by atoms with E-state index in [0.717, 1.165) is 16.9 Å². The number of ether oxygens (including phenoxy) is 1. The van der Waals surface area contributed by atoms with Gasteiger partial charge in [0.1, 0.15) is 5.75 Å². The van der Waals surface area contributed by atoms with Gasteiger partial charge in [-0.25, -0.2) is 0 Å². The van der Waals surface area contributed by atoms with Gasteiger partial charge in [0.15, 0.2) is 0 Å². The van der Waals surface area contributed by atoms with Crippen LogP contribution in [0.5, 0.6) is 5.75 Å². The molecule has 0 aromatic heterocycles. The first-order valence-electron chi connectivity index (χ1n) is 8.14. The first-order chi connectivity index (χ1) is 12.4. The molecule has 0 saturated heterocycles. The summed E-state index contributed by atoms with van der Waals surface area (Å²) in [6, 6.07) is 10.7. The van der Waals surface area contributed by atoms with Crippen molar-refractivity contribution in [1.29, 1.82) is 0 Å². The minimum atomic E-state index is -0.132. The molecule has 0 aliphatic heterocycles. The van der Waals surface area contributed by atoms with Crippen molar-refractivity contribution in [2.75, 3.05) is 29.6 Å². The Balaban J connectivity index is 1.86. The number of nitrogens with one attached hydrogen (secondary N) is 3. The van der Waals surface area contributed by atoms with Crippen LogP contribution < -0.4 is 20.7 Å². The van der Waals surface area contributed by atoms with Crippen LogP contribution >= 0.6 is 11.6 Å². The van der Waals surface area contributed by atoms with E-state index in [9.17, 15) is 9.59 Å². The summed E-state index contributed by atoms with van der Waals surface area (Å²) in [6.07, 6.45) is 0.290. The molecule has 2 rings (SSSR count). The second kappa shape index (κ2) is 9.10. The highest BCUT2D eigenvalue weighted by atomic mass is 35.5. The van der Waals surface area contributed by atoms with E-state index in [4.69, 9.17) is 16.3 Å². The van der Waals surface area contributed by atoms with Crippen molar-refractivity contribution < 1.29 is 14.3 Å². The van der Waals surface area contributed by atoms with Gasteiger partial charge in [-0.1, -0.05) is 11.6 Å². The van der Waals surface area contributed by atoms with E-state index < -0.39 is 0 Å². The first kappa shape index (κ1) is 19.6. The van der Waals surface area contributed by atoms with Crippen molar-refractivity contribution in [2.45, 2.75) is 20.3 Å². The summed E-state index contributed by atoms with van der Waals surface area (Å²) in [6.45, 7) is 3.80. The Morgan fingerprint density at radius 3 is 2.35 bits per heavy atom. The number of rotatable bonds is 7. The topological polar surface area (TPSA) is 79.5 Å². The predicted molar refractivity (Wildman–Crippen MR) is 105 cm³/mol. The van der Waals surface area contributed by atoms with E-state index in [1.165, 1.54) is 14.0 Å². The van der Waals surface area contributed by atoms with Crippen molar-refractivity contribution in [3.05, 3.63) is 47.0 Å². The van der Waals surface area contributed by atoms with Crippen LogP contribution in [0.2, 0.25) is 5.02 Å². The van der Waals surface area contributed by atoms with Crippen LogP contribution in [0.15, 0.2) is 36.4 Å². The number of benzene rings is 2. The van der Waals surface area contributed by atoms with Crippen molar-refractivity contribution >= 4 is 40.5 Å². The fourth-order valence-electron chi connectivity index (χ4n) is 2.34. The summed E-state index contributed by atoms with van der Waals surface area (Å²) in [4.78, 5) is 23.1. The number of amides is 2. The SMILES string of the molecule is COc1cc(Cl)c(C)cc1NC(=O)CCNc1ccc(NC(C)=O)cc1. The lowest BCUT2D eigenvalue weighted by Gasteiger charge is -2.13. The lowest BCUT2D eigenvalue weighted by molar-refractivity contribution is -0.116. The maximum atomic E-state index is 12.2. The molecule has 0 unspecified atom stereocenters. The van der Waals surface area contributed by atoms with E-state index in [-0.39, 0.29) is 18.2 Å². The maximum Gasteiger partial charge on any atom is 0.226 e. The van der Waals surface area contributed by atoms with Gasteiger partial charge in [0.2, 0.25) is 11.8 Å². The molecule has 0 heterocycles. The quantitative estimate of drug-likeness (QED) is 0.682.